The molecule has 0 radical (unpaired) electrons. The first-order chi connectivity index (χ1) is 19.8. The van der Waals surface area contributed by atoms with Gasteiger partial charge in [0.05, 0.1) is 19.1 Å². The van der Waals surface area contributed by atoms with Crippen LogP contribution in [-0.2, 0) is 32.6 Å². The number of para-hydroxylation sites is 2. The summed E-state index contributed by atoms with van der Waals surface area (Å²) in [5.41, 5.74) is 1.63. The van der Waals surface area contributed by atoms with Crippen molar-refractivity contribution in [3.8, 4) is 5.75 Å². The standard InChI is InChI=1S/C32H40ClN3O5S/c1-32(2,3)34-31(38)28(22-24-12-7-6-8-13-24)35(23-25-17-19-26(33)20-18-25)30(37)16-11-21-36(42(5,39)40)27-14-9-10-15-29(27)41-4/h6-10,12-15,17-20,28H,11,16,21-23H2,1-5H3,(H,34,38)/t28-/m1/s1. The van der Waals surface area contributed by atoms with Crippen LogP contribution >= 0.6 is 11.6 Å². The lowest BCUT2D eigenvalue weighted by Gasteiger charge is -2.34. The lowest BCUT2D eigenvalue weighted by atomic mass is 10.00. The summed E-state index contributed by atoms with van der Waals surface area (Å²) < 4.78 is 32.1. The molecule has 3 aromatic rings. The zero-order valence-electron chi connectivity index (χ0n) is 24.8. The minimum Gasteiger partial charge on any atom is -0.495 e. The smallest absolute Gasteiger partial charge is 0.243 e. The number of carbonyl (C=O) groups is 2. The van der Waals surface area contributed by atoms with Crippen LogP contribution in [0.3, 0.4) is 0 Å². The van der Waals surface area contributed by atoms with Gasteiger partial charge in [-0.15, -0.1) is 0 Å². The van der Waals surface area contributed by atoms with E-state index in [0.29, 0.717) is 22.9 Å². The van der Waals surface area contributed by atoms with E-state index in [2.05, 4.69) is 5.32 Å². The molecule has 0 saturated carbocycles. The fourth-order valence-corrected chi connectivity index (χ4v) is 5.71. The van der Waals surface area contributed by atoms with E-state index < -0.39 is 21.6 Å². The van der Waals surface area contributed by atoms with E-state index >= 15 is 0 Å². The summed E-state index contributed by atoms with van der Waals surface area (Å²) in [6.45, 7) is 5.94. The molecule has 0 aliphatic carbocycles. The van der Waals surface area contributed by atoms with Crippen molar-refractivity contribution in [2.75, 3.05) is 24.2 Å². The zero-order chi connectivity index (χ0) is 30.9. The van der Waals surface area contributed by atoms with Crippen molar-refractivity contribution < 1.29 is 22.7 Å². The second-order valence-electron chi connectivity index (χ2n) is 11.2. The van der Waals surface area contributed by atoms with Crippen LogP contribution in [0.5, 0.6) is 5.75 Å². The molecular weight excluding hydrogens is 574 g/mol. The number of ether oxygens (including phenoxy) is 1. The first kappa shape index (κ1) is 32.9. The van der Waals surface area contributed by atoms with Crippen molar-refractivity contribution in [1.29, 1.82) is 0 Å². The summed E-state index contributed by atoms with van der Waals surface area (Å²) in [5.74, 6) is -0.107. The predicted octanol–water partition coefficient (Wildman–Crippen LogP) is 5.45. The number of halogens is 1. The second-order valence-corrected chi connectivity index (χ2v) is 13.5. The Kier molecular flexibility index (Phi) is 11.4. The van der Waals surface area contributed by atoms with E-state index in [1.807, 2.05) is 63.2 Å². The predicted molar refractivity (Wildman–Crippen MR) is 168 cm³/mol. The maximum Gasteiger partial charge on any atom is 0.243 e. The van der Waals surface area contributed by atoms with Gasteiger partial charge in [0.2, 0.25) is 21.8 Å². The highest BCUT2D eigenvalue weighted by Crippen LogP contribution is 2.30. The fourth-order valence-electron chi connectivity index (χ4n) is 4.61. The average Bonchev–Trinajstić information content (AvgIpc) is 2.93. The van der Waals surface area contributed by atoms with E-state index in [-0.39, 0.29) is 37.7 Å². The Morgan fingerprint density at radius 3 is 2.14 bits per heavy atom. The van der Waals surface area contributed by atoms with Gasteiger partial charge in [0.15, 0.2) is 0 Å². The van der Waals surface area contributed by atoms with Crippen molar-refractivity contribution in [3.05, 3.63) is 95.0 Å². The van der Waals surface area contributed by atoms with Crippen molar-refractivity contribution in [2.45, 2.75) is 58.2 Å². The number of carbonyl (C=O) groups excluding carboxylic acids is 2. The van der Waals surface area contributed by atoms with Crippen LogP contribution in [0.15, 0.2) is 78.9 Å². The normalized spacial score (nSPS) is 12.3. The molecule has 0 aliphatic rings. The van der Waals surface area contributed by atoms with Crippen molar-refractivity contribution >= 4 is 39.1 Å². The van der Waals surface area contributed by atoms with Gasteiger partial charge in [-0.05, 0) is 62.6 Å². The highest BCUT2D eigenvalue weighted by molar-refractivity contribution is 7.92. The minimum atomic E-state index is -3.66. The summed E-state index contributed by atoms with van der Waals surface area (Å²) in [7, 11) is -2.18. The average molecular weight is 614 g/mol. The molecule has 226 valence electrons. The molecule has 10 heteroatoms. The van der Waals surface area contributed by atoms with Gasteiger partial charge in [-0.3, -0.25) is 13.9 Å². The number of anilines is 1. The van der Waals surface area contributed by atoms with Gasteiger partial charge >= 0.3 is 0 Å². The van der Waals surface area contributed by atoms with Gasteiger partial charge in [-0.25, -0.2) is 8.42 Å². The molecule has 3 rings (SSSR count). The zero-order valence-corrected chi connectivity index (χ0v) is 26.4. The highest BCUT2D eigenvalue weighted by Gasteiger charge is 2.32. The summed E-state index contributed by atoms with van der Waals surface area (Å²) in [5, 5.41) is 3.61. The third-order valence-electron chi connectivity index (χ3n) is 6.54. The van der Waals surface area contributed by atoms with Gasteiger partial charge in [0.25, 0.3) is 0 Å². The first-order valence-electron chi connectivity index (χ1n) is 13.8. The Morgan fingerprint density at radius 1 is 0.929 bits per heavy atom. The summed E-state index contributed by atoms with van der Waals surface area (Å²) in [6.07, 6.45) is 1.71. The van der Waals surface area contributed by atoms with E-state index in [1.165, 1.54) is 11.4 Å². The molecule has 0 spiro atoms. The van der Waals surface area contributed by atoms with E-state index in [9.17, 15) is 18.0 Å². The summed E-state index contributed by atoms with van der Waals surface area (Å²) in [6, 6.07) is 22.8. The molecule has 8 nitrogen and oxygen atoms in total. The molecule has 0 bridgehead atoms. The molecule has 1 N–H and O–H groups in total. The number of nitrogens with zero attached hydrogens (tertiary/aromatic N) is 2. The van der Waals surface area contributed by atoms with Crippen LogP contribution in [0.25, 0.3) is 0 Å². The van der Waals surface area contributed by atoms with Gasteiger partial charge in [0.1, 0.15) is 11.8 Å². The monoisotopic (exact) mass is 613 g/mol. The third-order valence-corrected chi connectivity index (χ3v) is 7.97. The molecular formula is C32H40ClN3O5S. The SMILES string of the molecule is COc1ccccc1N(CCCC(=O)N(Cc1ccc(Cl)cc1)[C@H](Cc1ccccc1)C(=O)NC(C)(C)C)S(C)(=O)=O. The van der Waals surface area contributed by atoms with Crippen LogP contribution in [0, 0.1) is 0 Å². The Labute approximate surface area is 254 Å². The number of amides is 2. The molecule has 2 amide bonds. The maximum absolute atomic E-state index is 13.9. The Bertz CT molecular complexity index is 1440. The number of hydrogen-bond acceptors (Lipinski definition) is 5. The quantitative estimate of drug-likeness (QED) is 0.277. The van der Waals surface area contributed by atoms with Crippen LogP contribution in [0.1, 0.15) is 44.7 Å². The van der Waals surface area contributed by atoms with Crippen molar-refractivity contribution in [3.63, 3.8) is 0 Å². The number of sulfonamides is 1. The number of methoxy groups -OCH3 is 1. The van der Waals surface area contributed by atoms with Gasteiger partial charge < -0.3 is 15.0 Å². The molecule has 0 heterocycles. The lowest BCUT2D eigenvalue weighted by molar-refractivity contribution is -0.142. The molecule has 42 heavy (non-hydrogen) atoms. The van der Waals surface area contributed by atoms with Gasteiger partial charge in [0, 0.05) is 36.5 Å². The summed E-state index contributed by atoms with van der Waals surface area (Å²) in [4.78, 5) is 29.2. The van der Waals surface area contributed by atoms with Crippen molar-refractivity contribution in [1.82, 2.24) is 10.2 Å². The van der Waals surface area contributed by atoms with Gasteiger partial charge in [-0.2, -0.15) is 0 Å². The van der Waals surface area contributed by atoms with Crippen LogP contribution in [0.2, 0.25) is 5.02 Å². The molecule has 0 unspecified atom stereocenters. The Hall–Kier alpha value is -3.56. The molecule has 0 aliphatic heterocycles. The van der Waals surface area contributed by atoms with Crippen LogP contribution < -0.4 is 14.4 Å². The molecule has 1 atom stereocenters. The largest absolute Gasteiger partial charge is 0.495 e. The van der Waals surface area contributed by atoms with Crippen LogP contribution in [-0.4, -0.2) is 56.6 Å². The number of hydrogen-bond donors (Lipinski definition) is 1. The molecule has 0 saturated heterocycles. The maximum atomic E-state index is 13.9. The second kappa shape index (κ2) is 14.6. The molecule has 0 fully saturated rings. The van der Waals surface area contributed by atoms with Crippen molar-refractivity contribution in [2.24, 2.45) is 0 Å². The third kappa shape index (κ3) is 9.77. The molecule has 0 aromatic heterocycles. The fraction of sp³-hybridized carbons (Fsp3) is 0.375. The van der Waals surface area contributed by atoms with Crippen LogP contribution in [0.4, 0.5) is 5.69 Å². The number of rotatable bonds is 13. The minimum absolute atomic E-state index is 0.0306. The van der Waals surface area contributed by atoms with E-state index in [0.717, 1.165) is 17.4 Å². The van der Waals surface area contributed by atoms with Gasteiger partial charge in [-0.1, -0.05) is 66.2 Å². The number of benzene rings is 3. The van der Waals surface area contributed by atoms with E-state index in [4.69, 9.17) is 16.3 Å². The lowest BCUT2D eigenvalue weighted by Crippen LogP contribution is -2.54. The Morgan fingerprint density at radius 2 is 1.55 bits per heavy atom. The Balaban J connectivity index is 1.91. The number of nitrogens with one attached hydrogen (secondary N) is 1. The van der Waals surface area contributed by atoms with E-state index in [1.54, 1.807) is 41.3 Å². The topological polar surface area (TPSA) is 96.0 Å². The summed E-state index contributed by atoms with van der Waals surface area (Å²) >= 11 is 6.10. The first-order valence-corrected chi connectivity index (χ1v) is 16.0. The molecule has 3 aromatic carbocycles. The highest BCUT2D eigenvalue weighted by atomic mass is 35.5.